The molecule has 1 aliphatic heterocycles. The number of piperidine rings is 1. The molecular formula is C18H27N7O. The molecule has 1 aliphatic rings. The van der Waals surface area contributed by atoms with Gasteiger partial charge in [-0.15, -0.1) is 0 Å². The Bertz CT molecular complexity index is 717. The van der Waals surface area contributed by atoms with Gasteiger partial charge in [0.05, 0.1) is 0 Å². The standard InChI is InChI=1S/C18H27N7O/c1-4-19-18(21-12-16-22-14(3)26-24-16)23-15-7-9-25(10-8-15)17-6-5-13(2)11-20-17/h5-6,11,15H,4,7-10,12H2,1-3H3,(H2,19,21,23). The van der Waals surface area contributed by atoms with E-state index in [0.717, 1.165) is 44.3 Å². The normalized spacial score (nSPS) is 16.0. The third-order valence-corrected chi connectivity index (χ3v) is 4.35. The Hall–Kier alpha value is -2.64. The van der Waals surface area contributed by atoms with Crippen molar-refractivity contribution in [3.05, 3.63) is 35.6 Å². The Morgan fingerprint density at radius 2 is 2.12 bits per heavy atom. The summed E-state index contributed by atoms with van der Waals surface area (Å²) in [7, 11) is 0. The quantitative estimate of drug-likeness (QED) is 0.623. The number of aliphatic imine (C=N–C) groups is 1. The number of nitrogens with one attached hydrogen (secondary N) is 2. The van der Waals surface area contributed by atoms with Crippen molar-refractivity contribution in [1.29, 1.82) is 0 Å². The molecule has 0 bridgehead atoms. The van der Waals surface area contributed by atoms with Gasteiger partial charge in [-0.2, -0.15) is 4.98 Å². The summed E-state index contributed by atoms with van der Waals surface area (Å²) in [4.78, 5) is 15.6. The minimum atomic E-state index is 0.390. The van der Waals surface area contributed by atoms with Crippen molar-refractivity contribution in [3.63, 3.8) is 0 Å². The third kappa shape index (κ3) is 4.93. The lowest BCUT2D eigenvalue weighted by molar-refractivity contribution is 0.387. The van der Waals surface area contributed by atoms with Crippen LogP contribution in [0.3, 0.4) is 0 Å². The molecule has 140 valence electrons. The summed E-state index contributed by atoms with van der Waals surface area (Å²) in [6, 6.07) is 4.60. The highest BCUT2D eigenvalue weighted by Crippen LogP contribution is 2.18. The number of aromatic nitrogens is 3. The molecule has 0 aliphatic carbocycles. The maximum Gasteiger partial charge on any atom is 0.223 e. The molecule has 2 aromatic rings. The average molecular weight is 357 g/mol. The molecule has 2 aromatic heterocycles. The number of hydrogen-bond donors (Lipinski definition) is 2. The van der Waals surface area contributed by atoms with Crippen molar-refractivity contribution in [2.75, 3.05) is 24.5 Å². The number of hydrogen-bond acceptors (Lipinski definition) is 6. The van der Waals surface area contributed by atoms with Crippen molar-refractivity contribution in [2.45, 2.75) is 46.2 Å². The molecule has 0 radical (unpaired) electrons. The van der Waals surface area contributed by atoms with Crippen molar-refractivity contribution in [3.8, 4) is 0 Å². The summed E-state index contributed by atoms with van der Waals surface area (Å²) in [5.74, 6) is 3.01. The van der Waals surface area contributed by atoms with Crippen LogP contribution in [0.25, 0.3) is 0 Å². The van der Waals surface area contributed by atoms with Crippen molar-refractivity contribution in [1.82, 2.24) is 25.8 Å². The lowest BCUT2D eigenvalue weighted by atomic mass is 10.1. The lowest BCUT2D eigenvalue weighted by Crippen LogP contribution is -2.48. The second-order valence-corrected chi connectivity index (χ2v) is 6.52. The second-order valence-electron chi connectivity index (χ2n) is 6.52. The minimum absolute atomic E-state index is 0.390. The van der Waals surface area contributed by atoms with E-state index in [-0.39, 0.29) is 0 Å². The van der Waals surface area contributed by atoms with Crippen LogP contribution < -0.4 is 15.5 Å². The number of rotatable bonds is 5. The van der Waals surface area contributed by atoms with Gasteiger partial charge in [0.2, 0.25) is 5.89 Å². The number of nitrogens with zero attached hydrogens (tertiary/aromatic N) is 5. The fourth-order valence-electron chi connectivity index (χ4n) is 2.97. The van der Waals surface area contributed by atoms with E-state index in [4.69, 9.17) is 4.52 Å². The highest BCUT2D eigenvalue weighted by Gasteiger charge is 2.20. The fraction of sp³-hybridized carbons (Fsp3) is 0.556. The second kappa shape index (κ2) is 8.64. The van der Waals surface area contributed by atoms with E-state index in [9.17, 15) is 0 Å². The Kier molecular flexibility index (Phi) is 6.04. The summed E-state index contributed by atoms with van der Waals surface area (Å²) in [5.41, 5.74) is 1.19. The smallest absolute Gasteiger partial charge is 0.223 e. The first kappa shape index (κ1) is 18.2. The van der Waals surface area contributed by atoms with Crippen molar-refractivity contribution < 1.29 is 4.52 Å². The summed E-state index contributed by atoms with van der Waals surface area (Å²) in [5, 5.41) is 10.7. The third-order valence-electron chi connectivity index (χ3n) is 4.35. The van der Waals surface area contributed by atoms with Gasteiger partial charge in [0.15, 0.2) is 11.8 Å². The van der Waals surface area contributed by atoms with Crippen LogP contribution in [0.4, 0.5) is 5.82 Å². The molecule has 3 heterocycles. The van der Waals surface area contributed by atoms with Gasteiger partial charge in [-0.3, -0.25) is 0 Å². The molecule has 26 heavy (non-hydrogen) atoms. The molecule has 8 nitrogen and oxygen atoms in total. The van der Waals surface area contributed by atoms with E-state index in [1.165, 1.54) is 5.56 Å². The molecule has 3 rings (SSSR count). The van der Waals surface area contributed by atoms with Crippen LogP contribution in [0, 0.1) is 13.8 Å². The van der Waals surface area contributed by atoms with Gasteiger partial charge in [0.1, 0.15) is 12.4 Å². The summed E-state index contributed by atoms with van der Waals surface area (Å²) >= 11 is 0. The average Bonchev–Trinajstić information content (AvgIpc) is 3.07. The predicted molar refractivity (Wildman–Crippen MR) is 101 cm³/mol. The van der Waals surface area contributed by atoms with E-state index >= 15 is 0 Å². The fourth-order valence-corrected chi connectivity index (χ4v) is 2.97. The molecule has 1 fully saturated rings. The molecule has 0 aromatic carbocycles. The summed E-state index contributed by atoms with van der Waals surface area (Å²) in [6.07, 6.45) is 4.01. The maximum absolute atomic E-state index is 4.99. The topological polar surface area (TPSA) is 91.5 Å². The first-order valence-electron chi connectivity index (χ1n) is 9.15. The van der Waals surface area contributed by atoms with Gasteiger partial charge >= 0.3 is 0 Å². The molecule has 0 amide bonds. The first-order valence-corrected chi connectivity index (χ1v) is 9.15. The van der Waals surface area contributed by atoms with Crippen LogP contribution in [0.1, 0.15) is 37.0 Å². The molecule has 0 unspecified atom stereocenters. The van der Waals surface area contributed by atoms with E-state index in [1.54, 1.807) is 6.92 Å². The number of anilines is 1. The van der Waals surface area contributed by atoms with E-state index in [2.05, 4.69) is 61.6 Å². The van der Waals surface area contributed by atoms with Crippen molar-refractivity contribution >= 4 is 11.8 Å². The highest BCUT2D eigenvalue weighted by molar-refractivity contribution is 5.80. The predicted octanol–water partition coefficient (Wildman–Crippen LogP) is 1.81. The number of pyridine rings is 1. The Labute approximate surface area is 154 Å². The summed E-state index contributed by atoms with van der Waals surface area (Å²) in [6.45, 7) is 9.07. The summed E-state index contributed by atoms with van der Waals surface area (Å²) < 4.78 is 4.99. The van der Waals surface area contributed by atoms with E-state index in [0.29, 0.717) is 24.3 Å². The van der Waals surface area contributed by atoms with Gasteiger partial charge in [-0.05, 0) is 38.3 Å². The number of guanidine groups is 1. The van der Waals surface area contributed by atoms with Gasteiger partial charge in [-0.1, -0.05) is 11.2 Å². The minimum Gasteiger partial charge on any atom is -0.357 e. The molecule has 0 spiro atoms. The van der Waals surface area contributed by atoms with E-state index in [1.807, 2.05) is 6.20 Å². The van der Waals surface area contributed by atoms with Crippen LogP contribution >= 0.6 is 0 Å². The van der Waals surface area contributed by atoms with Crippen LogP contribution in [0.15, 0.2) is 27.8 Å². The SMILES string of the molecule is CCNC(=NCc1noc(C)n1)NC1CCN(c2ccc(C)cn2)CC1. The molecule has 8 heteroatoms. The van der Waals surface area contributed by atoms with E-state index < -0.39 is 0 Å². The largest absolute Gasteiger partial charge is 0.357 e. The molecule has 0 saturated carbocycles. The van der Waals surface area contributed by atoms with Crippen molar-refractivity contribution in [2.24, 2.45) is 4.99 Å². The Balaban J connectivity index is 1.53. The van der Waals surface area contributed by atoms with Crippen LogP contribution in [0.5, 0.6) is 0 Å². The molecule has 2 N–H and O–H groups in total. The molecular weight excluding hydrogens is 330 g/mol. The molecule has 1 saturated heterocycles. The zero-order chi connectivity index (χ0) is 18.4. The molecule has 0 atom stereocenters. The van der Waals surface area contributed by atoms with Gasteiger partial charge < -0.3 is 20.1 Å². The number of aryl methyl sites for hydroxylation is 2. The maximum atomic E-state index is 4.99. The monoisotopic (exact) mass is 357 g/mol. The van der Waals surface area contributed by atoms with Gasteiger partial charge in [0, 0.05) is 38.8 Å². The zero-order valence-electron chi connectivity index (χ0n) is 15.7. The lowest BCUT2D eigenvalue weighted by Gasteiger charge is -2.33. The Morgan fingerprint density at radius 3 is 2.73 bits per heavy atom. The zero-order valence-corrected chi connectivity index (χ0v) is 15.7. The van der Waals surface area contributed by atoms with Crippen LogP contribution in [0.2, 0.25) is 0 Å². The van der Waals surface area contributed by atoms with Crippen LogP contribution in [-0.4, -0.2) is 46.8 Å². The van der Waals surface area contributed by atoms with Crippen LogP contribution in [-0.2, 0) is 6.54 Å². The van der Waals surface area contributed by atoms with Gasteiger partial charge in [-0.25, -0.2) is 9.98 Å². The first-order chi connectivity index (χ1) is 12.6. The Morgan fingerprint density at radius 1 is 1.31 bits per heavy atom. The highest BCUT2D eigenvalue weighted by atomic mass is 16.5. The van der Waals surface area contributed by atoms with Gasteiger partial charge in [0.25, 0.3) is 0 Å².